The number of piperazine rings is 1. The summed E-state index contributed by atoms with van der Waals surface area (Å²) in [7, 11) is -3.26. The Balaban J connectivity index is 1.43. The van der Waals surface area contributed by atoms with E-state index in [0.717, 1.165) is 18.5 Å². The van der Waals surface area contributed by atoms with Crippen LogP contribution in [0.25, 0.3) is 0 Å². The Labute approximate surface area is 193 Å². The molecule has 2 atom stereocenters. The molecule has 2 unspecified atom stereocenters. The van der Waals surface area contributed by atoms with Crippen molar-refractivity contribution in [2.75, 3.05) is 38.5 Å². The molecule has 9 heteroatoms. The Morgan fingerprint density at radius 1 is 1.22 bits per heavy atom. The minimum Gasteiger partial charge on any atom is -0.340 e. The van der Waals surface area contributed by atoms with Crippen molar-refractivity contribution in [3.63, 3.8) is 0 Å². The molecule has 3 heterocycles. The maximum Gasteiger partial charge on any atom is 0.223 e. The van der Waals surface area contributed by atoms with Gasteiger partial charge in [-0.25, -0.2) is 12.8 Å². The highest BCUT2D eigenvalue weighted by Gasteiger charge is 2.34. The van der Waals surface area contributed by atoms with Crippen LogP contribution >= 0.6 is 11.3 Å². The highest BCUT2D eigenvalue weighted by Crippen LogP contribution is 2.38. The van der Waals surface area contributed by atoms with E-state index in [0.29, 0.717) is 32.6 Å². The van der Waals surface area contributed by atoms with Crippen molar-refractivity contribution in [2.45, 2.75) is 38.8 Å². The maximum atomic E-state index is 14.0. The number of hydrogen-bond donors (Lipinski definition) is 0. The third-order valence-corrected chi connectivity index (χ3v) is 9.47. The molecule has 1 aromatic carbocycles. The van der Waals surface area contributed by atoms with E-state index in [-0.39, 0.29) is 29.6 Å². The van der Waals surface area contributed by atoms with Gasteiger partial charge < -0.3 is 4.90 Å². The SMILES string of the molecule is CCS(=O)(=O)N1CCN(C(=O)CCN2CCc3sccc3C2c2cccc(F)c2)CC1C. The van der Waals surface area contributed by atoms with Gasteiger partial charge in [0.25, 0.3) is 0 Å². The molecule has 2 aliphatic rings. The third-order valence-electron chi connectivity index (χ3n) is 6.48. The Bertz CT molecular complexity index is 1070. The number of fused-ring (bicyclic) bond motifs is 1. The Hall–Kier alpha value is -1.81. The van der Waals surface area contributed by atoms with E-state index in [2.05, 4.69) is 16.3 Å². The molecule has 0 bridgehead atoms. The van der Waals surface area contributed by atoms with Gasteiger partial charge >= 0.3 is 0 Å². The lowest BCUT2D eigenvalue weighted by Gasteiger charge is -2.40. The second-order valence-electron chi connectivity index (χ2n) is 8.49. The number of carbonyl (C=O) groups excluding carboxylic acids is 1. The molecule has 1 fully saturated rings. The summed E-state index contributed by atoms with van der Waals surface area (Å²) in [6, 6.07) is 8.55. The van der Waals surface area contributed by atoms with E-state index in [1.165, 1.54) is 20.8 Å². The average Bonchev–Trinajstić information content (AvgIpc) is 3.25. The Morgan fingerprint density at radius 3 is 2.75 bits per heavy atom. The molecule has 6 nitrogen and oxygen atoms in total. The van der Waals surface area contributed by atoms with Gasteiger partial charge in [0.15, 0.2) is 0 Å². The lowest BCUT2D eigenvalue weighted by atomic mass is 9.93. The second-order valence-corrected chi connectivity index (χ2v) is 11.7. The van der Waals surface area contributed by atoms with Crippen LogP contribution in [0.15, 0.2) is 35.7 Å². The van der Waals surface area contributed by atoms with E-state index in [1.807, 2.05) is 13.0 Å². The van der Waals surface area contributed by atoms with Crippen molar-refractivity contribution in [3.8, 4) is 0 Å². The summed E-state index contributed by atoms with van der Waals surface area (Å²) < 4.78 is 39.9. The Kier molecular flexibility index (Phi) is 7.00. The van der Waals surface area contributed by atoms with Crippen molar-refractivity contribution in [3.05, 3.63) is 57.5 Å². The van der Waals surface area contributed by atoms with Gasteiger partial charge in [0.2, 0.25) is 15.9 Å². The zero-order chi connectivity index (χ0) is 22.9. The number of rotatable bonds is 6. The van der Waals surface area contributed by atoms with Crippen LogP contribution in [0.2, 0.25) is 0 Å². The van der Waals surface area contributed by atoms with E-state index in [9.17, 15) is 17.6 Å². The molecule has 2 aliphatic heterocycles. The first-order valence-corrected chi connectivity index (χ1v) is 13.6. The van der Waals surface area contributed by atoms with Gasteiger partial charge in [-0.15, -0.1) is 11.3 Å². The lowest BCUT2D eigenvalue weighted by Crippen LogP contribution is -2.55. The fraction of sp³-hybridized carbons (Fsp3) is 0.522. The molecule has 0 N–H and O–H groups in total. The van der Waals surface area contributed by atoms with Gasteiger partial charge in [0.05, 0.1) is 11.8 Å². The first kappa shape index (κ1) is 23.4. The summed E-state index contributed by atoms with van der Waals surface area (Å²) in [5.41, 5.74) is 2.11. The standard InChI is InChI=1S/C23H30FN3O3S2/c1-3-32(29,30)27-13-12-26(16-17(27)2)22(28)8-11-25-10-7-21-20(9-14-31-21)23(25)18-5-4-6-19(24)15-18/h4-6,9,14-15,17,23H,3,7-8,10-13,16H2,1-2H3. The quantitative estimate of drug-likeness (QED) is 0.639. The van der Waals surface area contributed by atoms with Crippen LogP contribution in [-0.4, -0.2) is 72.9 Å². The number of thiophene rings is 1. The molecule has 32 heavy (non-hydrogen) atoms. The molecule has 0 aliphatic carbocycles. The Morgan fingerprint density at radius 2 is 2.03 bits per heavy atom. The molecule has 1 amide bonds. The summed E-state index contributed by atoms with van der Waals surface area (Å²) in [6.07, 6.45) is 1.29. The molecule has 2 aromatic rings. The van der Waals surface area contributed by atoms with Gasteiger partial charge in [-0.05, 0) is 55.0 Å². The number of amides is 1. The van der Waals surface area contributed by atoms with Crippen LogP contribution in [0.3, 0.4) is 0 Å². The highest BCUT2D eigenvalue weighted by atomic mass is 32.2. The van der Waals surface area contributed by atoms with Crippen LogP contribution in [0, 0.1) is 5.82 Å². The summed E-state index contributed by atoms with van der Waals surface area (Å²) in [4.78, 5) is 18.3. The number of sulfonamides is 1. The van der Waals surface area contributed by atoms with Gasteiger partial charge in [-0.2, -0.15) is 4.31 Å². The van der Waals surface area contributed by atoms with Crippen LogP contribution in [-0.2, 0) is 21.2 Å². The van der Waals surface area contributed by atoms with Crippen LogP contribution in [0.1, 0.15) is 42.3 Å². The molecule has 174 valence electrons. The van der Waals surface area contributed by atoms with Crippen molar-refractivity contribution in [2.24, 2.45) is 0 Å². The van der Waals surface area contributed by atoms with E-state index < -0.39 is 10.0 Å². The number of halogens is 1. The van der Waals surface area contributed by atoms with Gasteiger partial charge in [-0.1, -0.05) is 12.1 Å². The van der Waals surface area contributed by atoms with E-state index in [1.54, 1.807) is 35.3 Å². The van der Waals surface area contributed by atoms with Gasteiger partial charge in [0.1, 0.15) is 5.82 Å². The molecular weight excluding hydrogens is 449 g/mol. The predicted octanol–water partition coefficient (Wildman–Crippen LogP) is 3.11. The molecule has 0 spiro atoms. The first-order chi connectivity index (χ1) is 15.3. The summed E-state index contributed by atoms with van der Waals surface area (Å²) in [5, 5.41) is 2.08. The largest absolute Gasteiger partial charge is 0.340 e. The third kappa shape index (κ3) is 4.76. The minimum absolute atomic E-state index is 0.0412. The summed E-state index contributed by atoms with van der Waals surface area (Å²) >= 11 is 1.73. The number of hydrogen-bond acceptors (Lipinski definition) is 5. The monoisotopic (exact) mass is 479 g/mol. The lowest BCUT2D eigenvalue weighted by molar-refractivity contribution is -0.133. The normalized spacial score (nSPS) is 22.7. The van der Waals surface area contributed by atoms with Crippen LogP contribution < -0.4 is 0 Å². The maximum absolute atomic E-state index is 14.0. The summed E-state index contributed by atoms with van der Waals surface area (Å²) in [5.74, 6) is -0.138. The molecular formula is C23H30FN3O3S2. The molecule has 0 saturated carbocycles. The van der Waals surface area contributed by atoms with Gasteiger partial charge in [0, 0.05) is 50.1 Å². The van der Waals surface area contributed by atoms with E-state index in [4.69, 9.17) is 0 Å². The molecule has 4 rings (SSSR count). The number of carbonyl (C=O) groups is 1. The van der Waals surface area contributed by atoms with Gasteiger partial charge in [-0.3, -0.25) is 9.69 Å². The van der Waals surface area contributed by atoms with E-state index >= 15 is 0 Å². The van der Waals surface area contributed by atoms with Crippen LogP contribution in [0.4, 0.5) is 4.39 Å². The van der Waals surface area contributed by atoms with Crippen molar-refractivity contribution in [1.29, 1.82) is 0 Å². The minimum atomic E-state index is -3.26. The fourth-order valence-electron chi connectivity index (χ4n) is 4.82. The number of nitrogens with zero attached hydrogens (tertiary/aromatic N) is 3. The average molecular weight is 480 g/mol. The summed E-state index contributed by atoms with van der Waals surface area (Å²) in [6.45, 7) is 6.08. The zero-order valence-electron chi connectivity index (χ0n) is 18.5. The zero-order valence-corrected chi connectivity index (χ0v) is 20.2. The second kappa shape index (κ2) is 9.59. The first-order valence-electron chi connectivity index (χ1n) is 11.1. The molecule has 1 aromatic heterocycles. The smallest absolute Gasteiger partial charge is 0.223 e. The number of benzene rings is 1. The fourth-order valence-corrected chi connectivity index (χ4v) is 7.03. The van der Waals surface area contributed by atoms with Crippen molar-refractivity contribution in [1.82, 2.24) is 14.1 Å². The predicted molar refractivity (Wildman–Crippen MR) is 125 cm³/mol. The molecule has 0 radical (unpaired) electrons. The van der Waals surface area contributed by atoms with Crippen molar-refractivity contribution >= 4 is 27.3 Å². The van der Waals surface area contributed by atoms with Crippen LogP contribution in [0.5, 0.6) is 0 Å². The topological polar surface area (TPSA) is 60.9 Å². The van der Waals surface area contributed by atoms with Crippen molar-refractivity contribution < 1.29 is 17.6 Å². The highest BCUT2D eigenvalue weighted by molar-refractivity contribution is 7.89. The molecule has 1 saturated heterocycles.